The Morgan fingerprint density at radius 1 is 1.14 bits per heavy atom. The number of pyridine rings is 1. The van der Waals surface area contributed by atoms with Crippen LogP contribution in [0, 0.1) is 5.92 Å². The molecule has 0 radical (unpaired) electrons. The second-order valence-corrected chi connectivity index (χ2v) is 8.10. The highest BCUT2D eigenvalue weighted by Gasteiger charge is 2.28. The summed E-state index contributed by atoms with van der Waals surface area (Å²) >= 11 is 6.52. The zero-order chi connectivity index (χ0) is 19.1. The molecule has 2 fully saturated rings. The SMILES string of the molecule is CC1CC(Oc2nc3nc(-c4ccc(N5CCOCC5)cc4)c(Cl)cc3[nH]2)C1. The molecule has 6 nitrogen and oxygen atoms in total. The summed E-state index contributed by atoms with van der Waals surface area (Å²) in [6.45, 7) is 5.61. The van der Waals surface area contributed by atoms with Crippen LogP contribution in [0.2, 0.25) is 5.02 Å². The summed E-state index contributed by atoms with van der Waals surface area (Å²) in [6.07, 6.45) is 2.40. The smallest absolute Gasteiger partial charge is 0.296 e. The van der Waals surface area contributed by atoms with Crippen molar-refractivity contribution in [2.24, 2.45) is 5.92 Å². The first-order valence-corrected chi connectivity index (χ1v) is 10.2. The molecule has 1 aromatic carbocycles. The van der Waals surface area contributed by atoms with E-state index in [1.54, 1.807) is 0 Å². The molecule has 3 aromatic rings. The first kappa shape index (κ1) is 17.8. The second-order valence-electron chi connectivity index (χ2n) is 7.69. The van der Waals surface area contributed by atoms with E-state index in [1.165, 1.54) is 5.69 Å². The van der Waals surface area contributed by atoms with Crippen molar-refractivity contribution in [3.8, 4) is 17.3 Å². The number of nitrogens with one attached hydrogen (secondary N) is 1. The highest BCUT2D eigenvalue weighted by molar-refractivity contribution is 6.33. The predicted molar refractivity (Wildman–Crippen MR) is 110 cm³/mol. The lowest BCUT2D eigenvalue weighted by molar-refractivity contribution is 0.0660. The molecule has 3 heterocycles. The number of aromatic nitrogens is 3. The van der Waals surface area contributed by atoms with Gasteiger partial charge in [0.1, 0.15) is 6.10 Å². The molecule has 1 aliphatic heterocycles. The molecule has 1 aliphatic carbocycles. The van der Waals surface area contributed by atoms with Crippen molar-refractivity contribution in [3.63, 3.8) is 0 Å². The Labute approximate surface area is 168 Å². The number of halogens is 1. The van der Waals surface area contributed by atoms with Crippen LogP contribution in [0.1, 0.15) is 19.8 Å². The quantitative estimate of drug-likeness (QED) is 0.710. The number of anilines is 1. The van der Waals surface area contributed by atoms with Crippen LogP contribution in [0.25, 0.3) is 22.4 Å². The number of hydrogen-bond donors (Lipinski definition) is 1. The van der Waals surface area contributed by atoms with Gasteiger partial charge < -0.3 is 19.4 Å². The fraction of sp³-hybridized carbons (Fsp3) is 0.429. The Hall–Kier alpha value is -2.31. The van der Waals surface area contributed by atoms with Gasteiger partial charge in [0.15, 0.2) is 5.65 Å². The minimum Gasteiger partial charge on any atom is -0.461 e. The van der Waals surface area contributed by atoms with Crippen molar-refractivity contribution in [1.29, 1.82) is 0 Å². The van der Waals surface area contributed by atoms with Crippen molar-refractivity contribution in [2.75, 3.05) is 31.2 Å². The molecule has 0 atom stereocenters. The summed E-state index contributed by atoms with van der Waals surface area (Å²) in [5.41, 5.74) is 4.31. The molecule has 2 aliphatic rings. The molecule has 1 saturated carbocycles. The number of hydrogen-bond acceptors (Lipinski definition) is 5. The number of rotatable bonds is 4. The van der Waals surface area contributed by atoms with Gasteiger partial charge >= 0.3 is 0 Å². The topological polar surface area (TPSA) is 63.3 Å². The van der Waals surface area contributed by atoms with Crippen LogP contribution in [0.5, 0.6) is 6.01 Å². The number of morpholine rings is 1. The van der Waals surface area contributed by atoms with Gasteiger partial charge in [0.05, 0.1) is 29.4 Å². The van der Waals surface area contributed by atoms with Gasteiger partial charge in [0.25, 0.3) is 6.01 Å². The predicted octanol–water partition coefficient (Wildman–Crippen LogP) is 4.29. The average Bonchev–Trinajstić information content (AvgIpc) is 3.08. The van der Waals surface area contributed by atoms with Gasteiger partial charge in [-0.15, -0.1) is 0 Å². The first-order chi connectivity index (χ1) is 13.7. The molecule has 5 rings (SSSR count). The summed E-state index contributed by atoms with van der Waals surface area (Å²) in [5, 5.41) is 0.596. The Kier molecular flexibility index (Phi) is 4.61. The van der Waals surface area contributed by atoms with Crippen LogP contribution in [0.15, 0.2) is 30.3 Å². The molecule has 7 heteroatoms. The van der Waals surface area contributed by atoms with Crippen LogP contribution >= 0.6 is 11.6 Å². The summed E-state index contributed by atoms with van der Waals surface area (Å²) < 4.78 is 11.3. The molecular formula is C21H23ClN4O2. The lowest BCUT2D eigenvalue weighted by Crippen LogP contribution is -2.36. The van der Waals surface area contributed by atoms with E-state index >= 15 is 0 Å². The first-order valence-electron chi connectivity index (χ1n) is 9.82. The number of ether oxygens (including phenoxy) is 2. The number of fused-ring (bicyclic) bond motifs is 1. The maximum absolute atomic E-state index is 6.52. The van der Waals surface area contributed by atoms with E-state index in [0.717, 1.165) is 61.8 Å². The van der Waals surface area contributed by atoms with Crippen molar-refractivity contribution in [1.82, 2.24) is 15.0 Å². The van der Waals surface area contributed by atoms with Gasteiger partial charge in [-0.2, -0.15) is 4.98 Å². The van der Waals surface area contributed by atoms with Gasteiger partial charge in [0, 0.05) is 24.3 Å². The fourth-order valence-electron chi connectivity index (χ4n) is 3.89. The summed E-state index contributed by atoms with van der Waals surface area (Å²) in [4.78, 5) is 14.7. The molecule has 28 heavy (non-hydrogen) atoms. The number of nitrogens with zero attached hydrogens (tertiary/aromatic N) is 3. The van der Waals surface area contributed by atoms with E-state index in [4.69, 9.17) is 21.1 Å². The van der Waals surface area contributed by atoms with Crippen molar-refractivity contribution in [2.45, 2.75) is 25.9 Å². The van der Waals surface area contributed by atoms with Crippen molar-refractivity contribution in [3.05, 3.63) is 35.4 Å². The second kappa shape index (κ2) is 7.26. The number of imidazole rings is 1. The average molecular weight is 399 g/mol. The van der Waals surface area contributed by atoms with Crippen LogP contribution in [0.4, 0.5) is 5.69 Å². The van der Waals surface area contributed by atoms with Crippen molar-refractivity contribution < 1.29 is 9.47 Å². The largest absolute Gasteiger partial charge is 0.461 e. The molecule has 2 aromatic heterocycles. The van der Waals surface area contributed by atoms with Gasteiger partial charge in [-0.3, -0.25) is 0 Å². The highest BCUT2D eigenvalue weighted by Crippen LogP contribution is 2.33. The summed E-state index contributed by atoms with van der Waals surface area (Å²) in [5.74, 6) is 0.731. The third-order valence-corrected chi connectivity index (χ3v) is 5.82. The maximum Gasteiger partial charge on any atom is 0.296 e. The third-order valence-electron chi connectivity index (χ3n) is 5.53. The highest BCUT2D eigenvalue weighted by atomic mass is 35.5. The van der Waals surface area contributed by atoms with E-state index in [0.29, 0.717) is 16.7 Å². The Morgan fingerprint density at radius 3 is 2.61 bits per heavy atom. The lowest BCUT2D eigenvalue weighted by Gasteiger charge is -2.31. The summed E-state index contributed by atoms with van der Waals surface area (Å²) in [7, 11) is 0. The van der Waals surface area contributed by atoms with Gasteiger partial charge in [0.2, 0.25) is 0 Å². The van der Waals surface area contributed by atoms with E-state index in [1.807, 2.05) is 6.07 Å². The molecule has 1 saturated heterocycles. The molecule has 0 bridgehead atoms. The molecule has 146 valence electrons. The van der Waals surface area contributed by atoms with Crippen molar-refractivity contribution >= 4 is 28.5 Å². The van der Waals surface area contributed by atoms with E-state index in [2.05, 4.69) is 51.0 Å². The summed E-state index contributed by atoms with van der Waals surface area (Å²) in [6, 6.07) is 10.7. The Balaban J connectivity index is 1.39. The number of benzene rings is 1. The zero-order valence-corrected chi connectivity index (χ0v) is 16.6. The normalized spacial score (nSPS) is 22.3. The molecule has 1 N–H and O–H groups in total. The number of H-pyrrole nitrogens is 1. The molecule has 0 spiro atoms. The molecule has 0 unspecified atom stereocenters. The minimum atomic E-state index is 0.248. The standard InChI is InChI=1S/C21H23ClN4O2/c1-13-10-16(11-13)28-21-23-18-12-17(22)19(24-20(18)25-21)14-2-4-15(5-3-14)26-6-8-27-9-7-26/h2-5,12-13,16H,6-11H2,1H3,(H,23,24,25). The van der Waals surface area contributed by atoms with Crippen LogP contribution in [-0.4, -0.2) is 47.4 Å². The van der Waals surface area contributed by atoms with Gasteiger partial charge in [-0.05, 0) is 37.0 Å². The lowest BCUT2D eigenvalue weighted by atomic mass is 9.84. The van der Waals surface area contributed by atoms with Gasteiger partial charge in [-0.25, -0.2) is 4.98 Å². The molecular weight excluding hydrogens is 376 g/mol. The van der Waals surface area contributed by atoms with Gasteiger partial charge in [-0.1, -0.05) is 30.7 Å². The Morgan fingerprint density at radius 2 is 1.89 bits per heavy atom. The Bertz CT molecular complexity index is 976. The minimum absolute atomic E-state index is 0.248. The van der Waals surface area contributed by atoms with E-state index < -0.39 is 0 Å². The molecule has 0 amide bonds. The fourth-order valence-corrected chi connectivity index (χ4v) is 4.15. The zero-order valence-electron chi connectivity index (χ0n) is 15.8. The van der Waals surface area contributed by atoms with E-state index in [9.17, 15) is 0 Å². The monoisotopic (exact) mass is 398 g/mol. The van der Waals surface area contributed by atoms with Crippen LogP contribution in [0.3, 0.4) is 0 Å². The van der Waals surface area contributed by atoms with E-state index in [-0.39, 0.29) is 6.10 Å². The number of aromatic amines is 1. The third kappa shape index (κ3) is 3.42. The van der Waals surface area contributed by atoms with Crippen LogP contribution < -0.4 is 9.64 Å². The van der Waals surface area contributed by atoms with Crippen LogP contribution in [-0.2, 0) is 4.74 Å². The maximum atomic E-state index is 6.52.